The zero-order chi connectivity index (χ0) is 51.5. The first kappa shape index (κ1) is 67.5. The minimum atomic E-state index is -1.60. The summed E-state index contributed by atoms with van der Waals surface area (Å²) in [6.07, 6.45) is 53.9. The predicted molar refractivity (Wildman–Crippen MR) is 293 cm³/mol. The molecule has 1 aliphatic heterocycles. The zero-order valence-electron chi connectivity index (χ0n) is 46.5. The second kappa shape index (κ2) is 51.9. The number of carbonyl (C=O) groups is 2. The molecule has 4 N–H and O–H groups in total. The molecule has 1 rings (SSSR count). The van der Waals surface area contributed by atoms with Crippen molar-refractivity contribution in [1.82, 2.24) is 0 Å². The lowest BCUT2D eigenvalue weighted by Crippen LogP contribution is -2.59. The molecule has 1 fully saturated rings. The van der Waals surface area contributed by atoms with Gasteiger partial charge in [0.1, 0.15) is 31.0 Å². The maximum atomic E-state index is 12.9. The number of allylic oxidation sites excluding steroid dienone is 2. The fraction of sp³-hybridized carbons (Fsp3) is 0.934. The Labute approximate surface area is 437 Å². The monoisotopic (exact) mass is 1010 g/mol. The van der Waals surface area contributed by atoms with Gasteiger partial charge in [0.15, 0.2) is 12.4 Å². The van der Waals surface area contributed by atoms with Crippen LogP contribution in [-0.4, -0.2) is 89.0 Å². The molecule has 0 aromatic rings. The highest BCUT2D eigenvalue weighted by atomic mass is 16.7. The summed E-state index contributed by atoms with van der Waals surface area (Å²) < 4.78 is 22.3. The highest BCUT2D eigenvalue weighted by molar-refractivity contribution is 5.70. The molecule has 0 amide bonds. The van der Waals surface area contributed by atoms with Crippen molar-refractivity contribution in [1.29, 1.82) is 0 Å². The third kappa shape index (κ3) is 42.4. The lowest BCUT2D eigenvalue weighted by Gasteiger charge is -2.39. The molecular formula is C61H116O10. The van der Waals surface area contributed by atoms with Crippen LogP contribution in [0, 0.1) is 0 Å². The smallest absolute Gasteiger partial charge is 0.306 e. The summed E-state index contributed by atoms with van der Waals surface area (Å²) >= 11 is 0. The van der Waals surface area contributed by atoms with Gasteiger partial charge in [-0.05, 0) is 32.1 Å². The SMILES string of the molecule is CCCCCCCCCCCCCCCCCCCC/C=C/CCCC(=O)OC[C@@H](CO[C@H]1O[C@@H](CO)[C@@H](O)C(O)C1O)OC(=O)CCCCCCCCCCCCCCCCCCCCCCCCC. The molecule has 0 bridgehead atoms. The molecule has 6 atom stereocenters. The summed E-state index contributed by atoms with van der Waals surface area (Å²) in [7, 11) is 0. The topological polar surface area (TPSA) is 152 Å². The van der Waals surface area contributed by atoms with Crippen LogP contribution < -0.4 is 0 Å². The molecule has 420 valence electrons. The van der Waals surface area contributed by atoms with Crippen molar-refractivity contribution in [3.63, 3.8) is 0 Å². The molecule has 0 spiro atoms. The largest absolute Gasteiger partial charge is 0.462 e. The quantitative estimate of drug-likeness (QED) is 0.0263. The number of rotatable bonds is 54. The van der Waals surface area contributed by atoms with Crippen LogP contribution in [0.15, 0.2) is 12.2 Å². The van der Waals surface area contributed by atoms with Crippen LogP contribution >= 0.6 is 0 Å². The summed E-state index contributed by atoms with van der Waals surface area (Å²) in [5, 5.41) is 40.3. The van der Waals surface area contributed by atoms with Crippen LogP contribution in [0.5, 0.6) is 0 Å². The van der Waals surface area contributed by atoms with E-state index in [0.717, 1.165) is 32.1 Å². The molecule has 71 heavy (non-hydrogen) atoms. The molecule has 0 radical (unpaired) electrons. The van der Waals surface area contributed by atoms with Gasteiger partial charge in [0.25, 0.3) is 0 Å². The van der Waals surface area contributed by atoms with Crippen LogP contribution in [0.25, 0.3) is 0 Å². The van der Waals surface area contributed by atoms with E-state index in [-0.39, 0.29) is 26.1 Å². The minimum Gasteiger partial charge on any atom is -0.462 e. The van der Waals surface area contributed by atoms with E-state index in [1.54, 1.807) is 0 Å². The first-order valence-corrected chi connectivity index (χ1v) is 30.8. The van der Waals surface area contributed by atoms with Crippen molar-refractivity contribution in [2.24, 2.45) is 0 Å². The lowest BCUT2D eigenvalue weighted by molar-refractivity contribution is -0.305. The van der Waals surface area contributed by atoms with E-state index in [0.29, 0.717) is 12.8 Å². The van der Waals surface area contributed by atoms with Gasteiger partial charge >= 0.3 is 11.9 Å². The van der Waals surface area contributed by atoms with Crippen molar-refractivity contribution in [3.8, 4) is 0 Å². The van der Waals surface area contributed by atoms with Crippen LogP contribution in [0.2, 0.25) is 0 Å². The summed E-state index contributed by atoms with van der Waals surface area (Å²) in [6.45, 7) is 3.48. The number of carbonyl (C=O) groups excluding carboxylic acids is 2. The summed E-state index contributed by atoms with van der Waals surface area (Å²) in [5.74, 6) is -0.822. The van der Waals surface area contributed by atoms with E-state index in [9.17, 15) is 30.0 Å². The number of unbranched alkanes of at least 4 members (excludes halogenated alkanes) is 41. The van der Waals surface area contributed by atoms with Crippen LogP contribution in [0.4, 0.5) is 0 Å². The fourth-order valence-electron chi connectivity index (χ4n) is 9.84. The van der Waals surface area contributed by atoms with Crippen LogP contribution in [0.1, 0.15) is 309 Å². The molecule has 0 aliphatic carbocycles. The maximum absolute atomic E-state index is 12.9. The van der Waals surface area contributed by atoms with E-state index in [1.807, 2.05) is 0 Å². The molecule has 1 saturated heterocycles. The van der Waals surface area contributed by atoms with Crippen LogP contribution in [0.3, 0.4) is 0 Å². The molecular weight excluding hydrogens is 893 g/mol. The maximum Gasteiger partial charge on any atom is 0.306 e. The molecule has 10 nitrogen and oxygen atoms in total. The van der Waals surface area contributed by atoms with E-state index in [4.69, 9.17) is 18.9 Å². The molecule has 0 aromatic carbocycles. The first-order chi connectivity index (χ1) is 34.8. The Morgan fingerprint density at radius 1 is 0.423 bits per heavy atom. The van der Waals surface area contributed by atoms with Gasteiger partial charge in [-0.25, -0.2) is 0 Å². The Hall–Kier alpha value is -1.56. The van der Waals surface area contributed by atoms with Gasteiger partial charge < -0.3 is 39.4 Å². The molecule has 2 unspecified atom stereocenters. The molecule has 0 aromatic heterocycles. The van der Waals surface area contributed by atoms with Crippen molar-refractivity contribution in [2.45, 2.75) is 346 Å². The molecule has 0 saturated carbocycles. The van der Waals surface area contributed by atoms with E-state index in [2.05, 4.69) is 26.0 Å². The van der Waals surface area contributed by atoms with Crippen LogP contribution in [-0.2, 0) is 28.5 Å². The highest BCUT2D eigenvalue weighted by Gasteiger charge is 2.44. The van der Waals surface area contributed by atoms with Gasteiger partial charge in [-0.3, -0.25) is 9.59 Å². The molecule has 10 heteroatoms. The van der Waals surface area contributed by atoms with Crippen molar-refractivity contribution in [3.05, 3.63) is 12.2 Å². The Balaban J connectivity index is 2.17. The van der Waals surface area contributed by atoms with E-state index < -0.39 is 55.4 Å². The van der Waals surface area contributed by atoms with Crippen molar-refractivity contribution >= 4 is 11.9 Å². The predicted octanol–water partition coefficient (Wildman–Crippen LogP) is 15.8. The number of esters is 2. The third-order valence-electron chi connectivity index (χ3n) is 14.7. The first-order valence-electron chi connectivity index (χ1n) is 30.8. The van der Waals surface area contributed by atoms with Gasteiger partial charge in [-0.15, -0.1) is 0 Å². The standard InChI is InChI=1S/C61H116O10/c1-3-5-7-9-11-13-15-17-19-21-23-25-27-29-31-33-35-37-39-41-43-45-47-49-56(63)68-52-54(53-69-61-60(67)59(66)58(65)55(51-62)71-61)70-57(64)50-48-46-44-42-40-38-36-34-32-30-28-26-24-22-20-18-16-14-12-10-8-6-4-2/h41,43,54-55,58-62,65-67H,3-40,42,44-53H2,1-2H3/b43-41+/t54-,55-,58+,59?,60?,61-/m0/s1. The van der Waals surface area contributed by atoms with Gasteiger partial charge in [-0.2, -0.15) is 0 Å². The molecule has 1 heterocycles. The highest BCUT2D eigenvalue weighted by Crippen LogP contribution is 2.23. The Kier molecular flexibility index (Phi) is 49.3. The normalized spacial score (nSPS) is 18.6. The van der Waals surface area contributed by atoms with Gasteiger partial charge in [-0.1, -0.05) is 276 Å². The number of hydrogen-bond donors (Lipinski definition) is 4. The van der Waals surface area contributed by atoms with Crippen molar-refractivity contribution in [2.75, 3.05) is 19.8 Å². The van der Waals surface area contributed by atoms with Gasteiger partial charge in [0.2, 0.25) is 0 Å². The van der Waals surface area contributed by atoms with Gasteiger partial charge in [0.05, 0.1) is 13.2 Å². The third-order valence-corrected chi connectivity index (χ3v) is 14.7. The second-order valence-corrected chi connectivity index (χ2v) is 21.5. The Morgan fingerprint density at radius 2 is 0.761 bits per heavy atom. The van der Waals surface area contributed by atoms with Crippen molar-refractivity contribution < 1.29 is 49.0 Å². The Morgan fingerprint density at radius 3 is 1.14 bits per heavy atom. The average Bonchev–Trinajstić information content (AvgIpc) is 3.37. The summed E-state index contributed by atoms with van der Waals surface area (Å²) in [6, 6.07) is 0. The number of aliphatic hydroxyl groups excluding tert-OH is 4. The number of hydrogen-bond acceptors (Lipinski definition) is 10. The fourth-order valence-corrected chi connectivity index (χ4v) is 9.84. The van der Waals surface area contributed by atoms with E-state index >= 15 is 0 Å². The van der Waals surface area contributed by atoms with E-state index in [1.165, 1.54) is 238 Å². The summed E-state index contributed by atoms with van der Waals surface area (Å²) in [5.41, 5.74) is 0. The molecule has 1 aliphatic rings. The minimum absolute atomic E-state index is 0.226. The average molecular weight is 1010 g/mol. The summed E-state index contributed by atoms with van der Waals surface area (Å²) in [4.78, 5) is 25.6. The second-order valence-electron chi connectivity index (χ2n) is 21.5. The lowest BCUT2D eigenvalue weighted by atomic mass is 9.99. The zero-order valence-corrected chi connectivity index (χ0v) is 46.5. The number of ether oxygens (including phenoxy) is 4. The number of aliphatic hydroxyl groups is 4. The Bertz CT molecular complexity index is 1160. The van der Waals surface area contributed by atoms with Gasteiger partial charge in [0, 0.05) is 12.8 Å².